The third kappa shape index (κ3) is 2.96. The number of pyridine rings is 1. The number of rotatable bonds is 3. The fourth-order valence-electron chi connectivity index (χ4n) is 2.20. The molecule has 2 heterocycles. The van der Waals surface area contributed by atoms with Crippen LogP contribution in [0.25, 0.3) is 0 Å². The predicted molar refractivity (Wildman–Crippen MR) is 67.9 cm³/mol. The largest absolute Gasteiger partial charge is 0.380 e. The number of nitrogens with one attached hydrogen (secondary N) is 1. The van der Waals surface area contributed by atoms with E-state index in [1.54, 1.807) is 0 Å². The van der Waals surface area contributed by atoms with Crippen LogP contribution in [0, 0.1) is 6.92 Å². The lowest BCUT2D eigenvalue weighted by molar-refractivity contribution is -0.129. The molecule has 0 spiro atoms. The SMILES string of the molecule is CCC(=O)N1CCC(Nc2ccnc(C)c2)C1. The average molecular weight is 233 g/mol. The molecule has 17 heavy (non-hydrogen) atoms. The molecule has 1 unspecified atom stereocenters. The van der Waals surface area contributed by atoms with Gasteiger partial charge in [-0.05, 0) is 25.5 Å². The van der Waals surface area contributed by atoms with Gasteiger partial charge in [0.1, 0.15) is 0 Å². The van der Waals surface area contributed by atoms with Crippen molar-refractivity contribution < 1.29 is 4.79 Å². The van der Waals surface area contributed by atoms with Gasteiger partial charge in [0, 0.05) is 43.1 Å². The van der Waals surface area contributed by atoms with Crippen LogP contribution in [-0.2, 0) is 4.79 Å². The maximum Gasteiger partial charge on any atom is 0.222 e. The molecule has 1 aromatic rings. The highest BCUT2D eigenvalue weighted by molar-refractivity contribution is 5.76. The molecule has 0 saturated carbocycles. The Morgan fingerprint density at radius 1 is 1.65 bits per heavy atom. The van der Waals surface area contributed by atoms with Crippen LogP contribution >= 0.6 is 0 Å². The van der Waals surface area contributed by atoms with Crippen LogP contribution in [0.5, 0.6) is 0 Å². The molecule has 1 fully saturated rings. The summed E-state index contributed by atoms with van der Waals surface area (Å²) in [6.45, 7) is 5.57. The summed E-state index contributed by atoms with van der Waals surface area (Å²) < 4.78 is 0. The van der Waals surface area contributed by atoms with Gasteiger partial charge < -0.3 is 10.2 Å². The quantitative estimate of drug-likeness (QED) is 0.866. The summed E-state index contributed by atoms with van der Waals surface area (Å²) >= 11 is 0. The number of nitrogens with zero attached hydrogens (tertiary/aromatic N) is 2. The standard InChI is InChI=1S/C13H19N3O/c1-3-13(17)16-7-5-12(9-16)15-11-4-6-14-10(2)8-11/h4,6,8,12H,3,5,7,9H2,1-2H3,(H,14,15). The van der Waals surface area contributed by atoms with Crippen LogP contribution < -0.4 is 5.32 Å². The Kier molecular flexibility index (Phi) is 3.61. The molecule has 2 rings (SSSR count). The summed E-state index contributed by atoms with van der Waals surface area (Å²) in [5.74, 6) is 0.250. The average Bonchev–Trinajstić information content (AvgIpc) is 2.76. The number of likely N-dealkylation sites (tertiary alicyclic amines) is 1. The van der Waals surface area contributed by atoms with Gasteiger partial charge in [-0.2, -0.15) is 0 Å². The first-order valence-electron chi connectivity index (χ1n) is 6.16. The number of aryl methyl sites for hydroxylation is 1. The predicted octanol–water partition coefficient (Wildman–Crippen LogP) is 1.81. The van der Waals surface area contributed by atoms with Gasteiger partial charge in [0.05, 0.1) is 0 Å². The molecular formula is C13H19N3O. The van der Waals surface area contributed by atoms with Crippen molar-refractivity contribution in [3.05, 3.63) is 24.0 Å². The van der Waals surface area contributed by atoms with E-state index in [1.165, 1.54) is 0 Å². The van der Waals surface area contributed by atoms with Crippen LogP contribution in [-0.4, -0.2) is 34.9 Å². The van der Waals surface area contributed by atoms with Gasteiger partial charge >= 0.3 is 0 Å². The van der Waals surface area contributed by atoms with Crippen LogP contribution in [0.2, 0.25) is 0 Å². The molecule has 1 aromatic heterocycles. The first-order chi connectivity index (χ1) is 8.19. The monoisotopic (exact) mass is 233 g/mol. The van der Waals surface area contributed by atoms with Gasteiger partial charge in [0.2, 0.25) is 5.91 Å². The lowest BCUT2D eigenvalue weighted by Gasteiger charge is -2.17. The third-order valence-corrected chi connectivity index (χ3v) is 3.11. The fraction of sp³-hybridized carbons (Fsp3) is 0.538. The summed E-state index contributed by atoms with van der Waals surface area (Å²) in [7, 11) is 0. The smallest absolute Gasteiger partial charge is 0.222 e. The zero-order valence-corrected chi connectivity index (χ0v) is 10.4. The molecule has 1 aliphatic rings. The van der Waals surface area contributed by atoms with E-state index in [-0.39, 0.29) is 5.91 Å². The van der Waals surface area contributed by atoms with Crippen molar-refractivity contribution in [2.45, 2.75) is 32.7 Å². The van der Waals surface area contributed by atoms with E-state index in [0.717, 1.165) is 30.9 Å². The molecule has 92 valence electrons. The van der Waals surface area contributed by atoms with E-state index in [9.17, 15) is 4.79 Å². The summed E-state index contributed by atoms with van der Waals surface area (Å²) in [5.41, 5.74) is 2.10. The van der Waals surface area contributed by atoms with Crippen molar-refractivity contribution in [3.8, 4) is 0 Å². The summed E-state index contributed by atoms with van der Waals surface area (Å²) in [4.78, 5) is 17.7. The van der Waals surface area contributed by atoms with Crippen LogP contribution in [0.4, 0.5) is 5.69 Å². The second kappa shape index (κ2) is 5.17. The molecule has 0 aromatic carbocycles. The molecule has 1 aliphatic heterocycles. The highest BCUT2D eigenvalue weighted by Gasteiger charge is 2.24. The van der Waals surface area contributed by atoms with Crippen molar-refractivity contribution in [1.29, 1.82) is 0 Å². The highest BCUT2D eigenvalue weighted by Crippen LogP contribution is 2.16. The van der Waals surface area contributed by atoms with Crippen molar-refractivity contribution >= 4 is 11.6 Å². The number of hydrogen-bond acceptors (Lipinski definition) is 3. The summed E-state index contributed by atoms with van der Waals surface area (Å²) in [6, 6.07) is 4.37. The Morgan fingerprint density at radius 2 is 2.47 bits per heavy atom. The zero-order valence-electron chi connectivity index (χ0n) is 10.4. The maximum atomic E-state index is 11.6. The van der Waals surface area contributed by atoms with Crippen molar-refractivity contribution in [1.82, 2.24) is 9.88 Å². The Morgan fingerprint density at radius 3 is 3.18 bits per heavy atom. The molecule has 1 atom stereocenters. The van der Waals surface area contributed by atoms with Crippen LogP contribution in [0.1, 0.15) is 25.5 Å². The number of amides is 1. The first kappa shape index (κ1) is 11.9. The lowest BCUT2D eigenvalue weighted by atomic mass is 10.2. The van der Waals surface area contributed by atoms with Gasteiger partial charge in [-0.1, -0.05) is 6.92 Å². The van der Waals surface area contributed by atoms with E-state index < -0.39 is 0 Å². The van der Waals surface area contributed by atoms with Crippen molar-refractivity contribution in [3.63, 3.8) is 0 Å². The molecule has 4 heteroatoms. The Balaban J connectivity index is 1.92. The molecule has 1 saturated heterocycles. The second-order valence-electron chi connectivity index (χ2n) is 4.51. The van der Waals surface area contributed by atoms with Gasteiger partial charge in [-0.15, -0.1) is 0 Å². The third-order valence-electron chi connectivity index (χ3n) is 3.11. The Hall–Kier alpha value is -1.58. The molecule has 1 N–H and O–H groups in total. The normalized spacial score (nSPS) is 19.4. The number of carbonyl (C=O) groups is 1. The zero-order chi connectivity index (χ0) is 12.3. The Labute approximate surface area is 102 Å². The number of carbonyl (C=O) groups excluding carboxylic acids is 1. The van der Waals surface area contributed by atoms with Gasteiger partial charge in [0.25, 0.3) is 0 Å². The fourth-order valence-corrected chi connectivity index (χ4v) is 2.20. The highest BCUT2D eigenvalue weighted by atomic mass is 16.2. The van der Waals surface area contributed by atoms with E-state index in [4.69, 9.17) is 0 Å². The van der Waals surface area contributed by atoms with Gasteiger partial charge in [-0.25, -0.2) is 0 Å². The Bertz CT molecular complexity index is 405. The van der Waals surface area contributed by atoms with Gasteiger partial charge in [-0.3, -0.25) is 9.78 Å². The topological polar surface area (TPSA) is 45.2 Å². The van der Waals surface area contributed by atoms with E-state index >= 15 is 0 Å². The molecule has 4 nitrogen and oxygen atoms in total. The molecule has 0 aliphatic carbocycles. The van der Waals surface area contributed by atoms with E-state index in [0.29, 0.717) is 12.5 Å². The minimum absolute atomic E-state index is 0.250. The first-order valence-corrected chi connectivity index (χ1v) is 6.16. The van der Waals surface area contributed by atoms with Gasteiger partial charge in [0.15, 0.2) is 0 Å². The van der Waals surface area contributed by atoms with Crippen molar-refractivity contribution in [2.75, 3.05) is 18.4 Å². The molecule has 1 amide bonds. The van der Waals surface area contributed by atoms with Crippen molar-refractivity contribution in [2.24, 2.45) is 0 Å². The number of anilines is 1. The minimum atomic E-state index is 0.250. The minimum Gasteiger partial charge on any atom is -0.380 e. The molecule has 0 bridgehead atoms. The number of aromatic nitrogens is 1. The summed E-state index contributed by atoms with van der Waals surface area (Å²) in [5, 5.41) is 3.46. The lowest BCUT2D eigenvalue weighted by Crippen LogP contribution is -2.30. The molecule has 0 radical (unpaired) electrons. The second-order valence-corrected chi connectivity index (χ2v) is 4.51. The van der Waals surface area contributed by atoms with Crippen LogP contribution in [0.3, 0.4) is 0 Å². The summed E-state index contributed by atoms with van der Waals surface area (Å²) in [6.07, 6.45) is 3.43. The van der Waals surface area contributed by atoms with Crippen LogP contribution in [0.15, 0.2) is 18.3 Å². The van der Waals surface area contributed by atoms with E-state index in [2.05, 4.69) is 10.3 Å². The number of hydrogen-bond donors (Lipinski definition) is 1. The van der Waals surface area contributed by atoms with E-state index in [1.807, 2.05) is 37.1 Å². The molecular weight excluding hydrogens is 214 g/mol. The maximum absolute atomic E-state index is 11.6.